The molecule has 172 valence electrons. The van der Waals surface area contributed by atoms with Crippen LogP contribution in [0.25, 0.3) is 10.2 Å². The molecule has 0 aromatic carbocycles. The first-order valence-electron chi connectivity index (χ1n) is 11.7. The number of hydrogen-bond acceptors (Lipinski definition) is 6. The standard InChI is InChI=1S/C26H30N4OS2/c1-13-5-8-19-14(9-13)10-17-21(28)22(33-24(17)29-19)23(31)30-25-18(12-27)16-7-6-15(26(2,3)4)11-20(16)32-25/h10,13,15H,5-9,11,28H2,1-4H3,(H,30,31). The van der Waals surface area contributed by atoms with Crippen molar-refractivity contribution in [2.75, 3.05) is 11.1 Å². The van der Waals surface area contributed by atoms with Gasteiger partial charge >= 0.3 is 0 Å². The van der Waals surface area contributed by atoms with E-state index in [2.05, 4.69) is 45.1 Å². The van der Waals surface area contributed by atoms with Gasteiger partial charge in [-0.15, -0.1) is 22.7 Å². The Kier molecular flexibility index (Phi) is 5.49. The van der Waals surface area contributed by atoms with Crippen LogP contribution in [0.1, 0.15) is 77.5 Å². The Hall–Kier alpha value is -2.43. The minimum absolute atomic E-state index is 0.230. The fourth-order valence-electron chi connectivity index (χ4n) is 5.23. The van der Waals surface area contributed by atoms with Crippen LogP contribution in [-0.2, 0) is 25.7 Å². The van der Waals surface area contributed by atoms with Gasteiger partial charge in [0.15, 0.2) is 0 Å². The van der Waals surface area contributed by atoms with Crippen molar-refractivity contribution in [3.05, 3.63) is 38.2 Å². The van der Waals surface area contributed by atoms with E-state index in [1.165, 1.54) is 21.8 Å². The lowest BCUT2D eigenvalue weighted by Crippen LogP contribution is -2.26. The maximum absolute atomic E-state index is 13.3. The van der Waals surface area contributed by atoms with Gasteiger partial charge in [-0.25, -0.2) is 4.98 Å². The molecule has 0 saturated heterocycles. The summed E-state index contributed by atoms with van der Waals surface area (Å²) >= 11 is 2.91. The Labute approximate surface area is 203 Å². The number of aryl methyl sites for hydroxylation is 1. The second-order valence-electron chi connectivity index (χ2n) is 10.7. The van der Waals surface area contributed by atoms with Crippen LogP contribution in [0, 0.1) is 28.6 Å². The van der Waals surface area contributed by atoms with Crippen molar-refractivity contribution in [2.45, 2.75) is 66.2 Å². The third kappa shape index (κ3) is 3.94. The smallest absolute Gasteiger partial charge is 0.268 e. The molecule has 0 spiro atoms. The van der Waals surface area contributed by atoms with E-state index < -0.39 is 0 Å². The van der Waals surface area contributed by atoms with Crippen molar-refractivity contribution >= 4 is 49.5 Å². The maximum Gasteiger partial charge on any atom is 0.268 e. The number of rotatable bonds is 2. The van der Waals surface area contributed by atoms with Gasteiger partial charge in [0.25, 0.3) is 5.91 Å². The van der Waals surface area contributed by atoms with E-state index in [0.29, 0.717) is 33.0 Å². The highest BCUT2D eigenvalue weighted by Crippen LogP contribution is 2.44. The van der Waals surface area contributed by atoms with Crippen LogP contribution in [0.2, 0.25) is 0 Å². The molecule has 0 fully saturated rings. The molecule has 2 unspecified atom stereocenters. The molecule has 2 atom stereocenters. The normalized spacial score (nSPS) is 20.2. The van der Waals surface area contributed by atoms with Gasteiger partial charge in [0.05, 0.1) is 11.3 Å². The second-order valence-corrected chi connectivity index (χ2v) is 12.8. The number of nitrogens with two attached hydrogens (primary N) is 1. The fraction of sp³-hybridized carbons (Fsp3) is 0.500. The Morgan fingerprint density at radius 2 is 2.03 bits per heavy atom. The molecule has 33 heavy (non-hydrogen) atoms. The third-order valence-corrected chi connectivity index (χ3v) is 9.65. The van der Waals surface area contributed by atoms with Gasteiger partial charge in [0, 0.05) is 16.0 Å². The summed E-state index contributed by atoms with van der Waals surface area (Å²) in [7, 11) is 0. The highest BCUT2D eigenvalue weighted by molar-refractivity contribution is 7.21. The summed E-state index contributed by atoms with van der Waals surface area (Å²) in [4.78, 5) is 20.7. The molecule has 3 aromatic heterocycles. The summed E-state index contributed by atoms with van der Waals surface area (Å²) in [6.07, 6.45) is 6.08. The third-order valence-electron chi connectivity index (χ3n) is 7.37. The van der Waals surface area contributed by atoms with E-state index in [1.807, 2.05) is 0 Å². The van der Waals surface area contributed by atoms with Gasteiger partial charge in [0.1, 0.15) is 20.8 Å². The summed E-state index contributed by atoms with van der Waals surface area (Å²) < 4.78 is 0. The first kappa shape index (κ1) is 22.4. The lowest BCUT2D eigenvalue weighted by atomic mass is 9.72. The first-order valence-corrected chi connectivity index (χ1v) is 13.4. The zero-order valence-corrected chi connectivity index (χ0v) is 21.3. The number of carbonyl (C=O) groups excluding carboxylic acids is 1. The molecule has 5 nitrogen and oxygen atoms in total. The van der Waals surface area contributed by atoms with Gasteiger partial charge in [-0.2, -0.15) is 5.26 Å². The predicted molar refractivity (Wildman–Crippen MR) is 137 cm³/mol. The Morgan fingerprint density at radius 1 is 1.24 bits per heavy atom. The maximum atomic E-state index is 13.3. The number of nitrogen functional groups attached to an aromatic ring is 1. The molecule has 1 amide bonds. The van der Waals surface area contributed by atoms with Crippen LogP contribution in [0.5, 0.6) is 0 Å². The molecule has 0 aliphatic heterocycles. The van der Waals surface area contributed by atoms with E-state index in [4.69, 9.17) is 10.7 Å². The lowest BCUT2D eigenvalue weighted by Gasteiger charge is -2.33. The molecule has 2 aliphatic carbocycles. The zero-order chi connectivity index (χ0) is 23.5. The molecule has 0 bridgehead atoms. The molecule has 3 aromatic rings. The number of anilines is 2. The van der Waals surface area contributed by atoms with E-state index in [-0.39, 0.29) is 11.3 Å². The van der Waals surface area contributed by atoms with Crippen molar-refractivity contribution in [3.8, 4) is 6.07 Å². The summed E-state index contributed by atoms with van der Waals surface area (Å²) in [5.41, 5.74) is 11.3. The molecule has 3 N–H and O–H groups in total. The predicted octanol–water partition coefficient (Wildman–Crippen LogP) is 6.34. The molecule has 3 heterocycles. The van der Waals surface area contributed by atoms with Gasteiger partial charge in [0.2, 0.25) is 0 Å². The van der Waals surface area contributed by atoms with Crippen molar-refractivity contribution in [1.29, 1.82) is 5.26 Å². The Bertz CT molecular complexity index is 1300. The summed E-state index contributed by atoms with van der Waals surface area (Å²) in [6.45, 7) is 9.10. The van der Waals surface area contributed by atoms with E-state index in [1.54, 1.807) is 11.3 Å². The van der Waals surface area contributed by atoms with Crippen LogP contribution in [0.3, 0.4) is 0 Å². The van der Waals surface area contributed by atoms with Crippen LogP contribution in [0.4, 0.5) is 10.7 Å². The van der Waals surface area contributed by atoms with Crippen LogP contribution >= 0.6 is 22.7 Å². The quantitative estimate of drug-likeness (QED) is 0.449. The van der Waals surface area contributed by atoms with Crippen LogP contribution in [0.15, 0.2) is 6.07 Å². The molecule has 0 saturated carbocycles. The topological polar surface area (TPSA) is 91.8 Å². The van der Waals surface area contributed by atoms with Crippen molar-refractivity contribution in [1.82, 2.24) is 4.98 Å². The number of nitrogens with one attached hydrogen (secondary N) is 1. The van der Waals surface area contributed by atoms with Crippen LogP contribution < -0.4 is 11.1 Å². The Morgan fingerprint density at radius 3 is 2.76 bits per heavy atom. The highest BCUT2D eigenvalue weighted by Gasteiger charge is 2.33. The molecule has 2 aliphatic rings. The Balaban J connectivity index is 1.45. The minimum atomic E-state index is -0.246. The average molecular weight is 479 g/mol. The lowest BCUT2D eigenvalue weighted by molar-refractivity contribution is 0.103. The molecule has 0 radical (unpaired) electrons. The largest absolute Gasteiger partial charge is 0.397 e. The number of carbonyl (C=O) groups is 1. The number of nitrogens with zero attached hydrogens (tertiary/aromatic N) is 2. The monoisotopic (exact) mass is 478 g/mol. The number of thiophene rings is 2. The van der Waals surface area contributed by atoms with Crippen molar-refractivity contribution in [2.24, 2.45) is 17.3 Å². The molecule has 7 heteroatoms. The highest BCUT2D eigenvalue weighted by atomic mass is 32.1. The summed E-state index contributed by atoms with van der Waals surface area (Å²) in [5, 5.41) is 14.4. The summed E-state index contributed by atoms with van der Waals surface area (Å²) in [5.74, 6) is 0.979. The molecule has 5 rings (SSSR count). The first-order chi connectivity index (χ1) is 15.7. The van der Waals surface area contributed by atoms with Crippen molar-refractivity contribution < 1.29 is 4.79 Å². The van der Waals surface area contributed by atoms with Gasteiger partial charge in [-0.1, -0.05) is 27.7 Å². The molecular weight excluding hydrogens is 448 g/mol. The molecular formula is C26H30N4OS2. The fourth-order valence-corrected chi connectivity index (χ4v) is 7.50. The SMILES string of the molecule is CC1CCc2nc3sc(C(=O)Nc4sc5c(c4C#N)CCC(C(C)(C)C)C5)c(N)c3cc2C1. The van der Waals surface area contributed by atoms with Crippen LogP contribution in [-0.4, -0.2) is 10.9 Å². The van der Waals surface area contributed by atoms with Gasteiger partial charge < -0.3 is 11.1 Å². The number of nitriles is 1. The number of pyridine rings is 1. The minimum Gasteiger partial charge on any atom is -0.397 e. The number of amides is 1. The van der Waals surface area contributed by atoms with E-state index in [9.17, 15) is 10.1 Å². The second kappa shape index (κ2) is 8.11. The zero-order valence-electron chi connectivity index (χ0n) is 19.7. The van der Waals surface area contributed by atoms with Gasteiger partial charge in [-0.3, -0.25) is 4.79 Å². The number of fused-ring (bicyclic) bond motifs is 3. The van der Waals surface area contributed by atoms with E-state index in [0.717, 1.165) is 60.0 Å². The summed E-state index contributed by atoms with van der Waals surface area (Å²) in [6, 6.07) is 4.48. The number of aromatic nitrogens is 1. The van der Waals surface area contributed by atoms with Crippen molar-refractivity contribution in [3.63, 3.8) is 0 Å². The van der Waals surface area contributed by atoms with E-state index >= 15 is 0 Å². The number of hydrogen-bond donors (Lipinski definition) is 2. The average Bonchev–Trinajstić information content (AvgIpc) is 3.27. The van der Waals surface area contributed by atoms with Gasteiger partial charge in [-0.05, 0) is 73.0 Å².